The van der Waals surface area contributed by atoms with E-state index in [0.29, 0.717) is 18.1 Å². The Balaban J connectivity index is 0.00000544. The zero-order valence-corrected chi connectivity index (χ0v) is 22.1. The van der Waals surface area contributed by atoms with Crippen molar-refractivity contribution >= 4 is 47.4 Å². The lowest BCUT2D eigenvalue weighted by Gasteiger charge is -2.21. The lowest BCUT2D eigenvalue weighted by atomic mass is 10.1. The molecule has 0 unspecified atom stereocenters. The summed E-state index contributed by atoms with van der Waals surface area (Å²) in [5.74, 6) is 0.555. The molecule has 180 valence electrons. The summed E-state index contributed by atoms with van der Waals surface area (Å²) in [7, 11) is 0. The number of halogens is 1. The average Bonchev–Trinajstić information content (AvgIpc) is 2.70. The highest BCUT2D eigenvalue weighted by Crippen LogP contribution is 2.17. The largest absolute Gasteiger partial charge is 0.491 e. The van der Waals surface area contributed by atoms with E-state index in [2.05, 4.69) is 20.9 Å². The summed E-state index contributed by atoms with van der Waals surface area (Å²) in [6.45, 7) is 10.1. The van der Waals surface area contributed by atoms with Gasteiger partial charge in [0.1, 0.15) is 5.75 Å². The molecule has 9 heteroatoms. The van der Waals surface area contributed by atoms with Gasteiger partial charge in [0.05, 0.1) is 19.2 Å². The average molecular weight is 567 g/mol. The fourth-order valence-corrected chi connectivity index (χ4v) is 2.79. The zero-order chi connectivity index (χ0) is 23.7. The summed E-state index contributed by atoms with van der Waals surface area (Å²) in [4.78, 5) is 28.2. The van der Waals surface area contributed by atoms with Crippen molar-refractivity contribution in [2.45, 2.75) is 52.8 Å². The van der Waals surface area contributed by atoms with Gasteiger partial charge in [-0.15, -0.1) is 24.0 Å². The fourth-order valence-electron chi connectivity index (χ4n) is 2.79. The molecule has 0 heterocycles. The minimum absolute atomic E-state index is 0. The molecule has 0 saturated heterocycles. The third kappa shape index (κ3) is 11.0. The second-order valence-electron chi connectivity index (χ2n) is 8.70. The number of nitrogens with one attached hydrogen (secondary N) is 3. The van der Waals surface area contributed by atoms with Gasteiger partial charge in [-0.1, -0.05) is 12.1 Å². The number of nitrogens with zero attached hydrogens (tertiary/aromatic N) is 1. The van der Waals surface area contributed by atoms with Gasteiger partial charge in [0.15, 0.2) is 5.96 Å². The quantitative estimate of drug-likeness (QED) is 0.221. The number of amides is 2. The number of aliphatic imine (C=N–C) groups is 1. The summed E-state index contributed by atoms with van der Waals surface area (Å²) in [6, 6.07) is 14.5. The van der Waals surface area contributed by atoms with Gasteiger partial charge in [0.25, 0.3) is 0 Å². The number of guanidine groups is 1. The Morgan fingerprint density at radius 2 is 1.76 bits per heavy atom. The first-order chi connectivity index (χ1) is 15.0. The van der Waals surface area contributed by atoms with Crippen LogP contribution in [0.1, 0.15) is 50.5 Å². The number of nitrogens with two attached hydrogens (primary N) is 1. The van der Waals surface area contributed by atoms with Crippen molar-refractivity contribution in [3.63, 3.8) is 0 Å². The van der Waals surface area contributed by atoms with Crippen LogP contribution in [0.4, 0.5) is 5.69 Å². The molecule has 0 bridgehead atoms. The standard InChI is InChI=1S/C24H33N5O3.HI/c1-16(2)32-20-11-9-19(10-12-20)28-23(27-15-21(30)29-24(3,4)5)26-14-17-7-6-8-18(13-17)22(25)31;/h6-13,16H,14-15H2,1-5H3,(H2,25,31)(H,29,30)(H2,26,27,28);1H. The zero-order valence-electron chi connectivity index (χ0n) is 19.8. The SMILES string of the molecule is CC(C)Oc1ccc(NC(=NCc2cccc(C(N)=O)c2)NCC(=O)NC(C)(C)C)cc1.I. The molecule has 8 nitrogen and oxygen atoms in total. The van der Waals surface area contributed by atoms with Crippen molar-refractivity contribution < 1.29 is 14.3 Å². The van der Waals surface area contributed by atoms with Gasteiger partial charge in [-0.25, -0.2) is 4.99 Å². The predicted octanol–water partition coefficient (Wildman–Crippen LogP) is 3.66. The number of carbonyl (C=O) groups excluding carboxylic acids is 2. The smallest absolute Gasteiger partial charge is 0.248 e. The molecule has 0 radical (unpaired) electrons. The third-order valence-corrected chi connectivity index (χ3v) is 4.05. The molecule has 0 saturated carbocycles. The Bertz CT molecular complexity index is 953. The van der Waals surface area contributed by atoms with E-state index in [1.165, 1.54) is 0 Å². The molecular weight excluding hydrogens is 533 g/mol. The first kappa shape index (κ1) is 28.2. The maximum absolute atomic E-state index is 12.2. The van der Waals surface area contributed by atoms with Crippen LogP contribution in [0.25, 0.3) is 0 Å². The summed E-state index contributed by atoms with van der Waals surface area (Å²) in [5, 5.41) is 9.15. The van der Waals surface area contributed by atoms with E-state index < -0.39 is 5.91 Å². The molecule has 2 aromatic carbocycles. The van der Waals surface area contributed by atoms with E-state index in [-0.39, 0.29) is 48.1 Å². The first-order valence-corrected chi connectivity index (χ1v) is 10.5. The molecule has 2 rings (SSSR count). The predicted molar refractivity (Wildman–Crippen MR) is 143 cm³/mol. The van der Waals surface area contributed by atoms with Crippen molar-refractivity contribution in [3.05, 3.63) is 59.7 Å². The minimum atomic E-state index is -0.491. The number of hydrogen-bond donors (Lipinski definition) is 4. The highest BCUT2D eigenvalue weighted by atomic mass is 127. The van der Waals surface area contributed by atoms with Gasteiger partial charge in [-0.05, 0) is 76.6 Å². The molecule has 0 fully saturated rings. The van der Waals surface area contributed by atoms with Gasteiger partial charge in [-0.3, -0.25) is 9.59 Å². The van der Waals surface area contributed by atoms with Crippen molar-refractivity contribution in [2.24, 2.45) is 10.7 Å². The Morgan fingerprint density at radius 3 is 2.33 bits per heavy atom. The number of benzene rings is 2. The summed E-state index contributed by atoms with van der Waals surface area (Å²) in [5.41, 5.74) is 7.06. The highest BCUT2D eigenvalue weighted by Gasteiger charge is 2.14. The molecule has 0 aliphatic carbocycles. The lowest BCUT2D eigenvalue weighted by Crippen LogP contribution is -2.46. The topological polar surface area (TPSA) is 118 Å². The molecule has 0 aromatic heterocycles. The van der Waals surface area contributed by atoms with Gasteiger partial charge in [0, 0.05) is 16.8 Å². The van der Waals surface area contributed by atoms with Crippen molar-refractivity contribution in [1.82, 2.24) is 10.6 Å². The van der Waals surface area contributed by atoms with E-state index in [0.717, 1.165) is 17.0 Å². The van der Waals surface area contributed by atoms with Gasteiger partial charge in [0.2, 0.25) is 11.8 Å². The van der Waals surface area contributed by atoms with E-state index in [1.54, 1.807) is 18.2 Å². The first-order valence-electron chi connectivity index (χ1n) is 10.5. The Labute approximate surface area is 212 Å². The maximum Gasteiger partial charge on any atom is 0.248 e. The number of ether oxygens (including phenoxy) is 1. The summed E-state index contributed by atoms with van der Waals surface area (Å²) < 4.78 is 5.67. The van der Waals surface area contributed by atoms with Crippen molar-refractivity contribution in [1.29, 1.82) is 0 Å². The summed E-state index contributed by atoms with van der Waals surface area (Å²) in [6.07, 6.45) is 0.0880. The molecular formula is C24H34IN5O3. The molecule has 5 N–H and O–H groups in total. The Morgan fingerprint density at radius 1 is 1.09 bits per heavy atom. The van der Waals surface area contributed by atoms with E-state index in [1.807, 2.05) is 65.0 Å². The van der Waals surface area contributed by atoms with Crippen LogP contribution in [0.3, 0.4) is 0 Å². The van der Waals surface area contributed by atoms with Gasteiger partial charge < -0.3 is 26.4 Å². The van der Waals surface area contributed by atoms with Crippen LogP contribution in [-0.2, 0) is 11.3 Å². The second kappa shape index (κ2) is 13.0. The minimum Gasteiger partial charge on any atom is -0.491 e. The fraction of sp³-hybridized carbons (Fsp3) is 0.375. The number of carbonyl (C=O) groups is 2. The highest BCUT2D eigenvalue weighted by molar-refractivity contribution is 14.0. The molecule has 33 heavy (non-hydrogen) atoms. The van der Waals surface area contributed by atoms with Crippen LogP contribution >= 0.6 is 24.0 Å². The third-order valence-electron chi connectivity index (χ3n) is 4.05. The number of rotatable bonds is 8. The lowest BCUT2D eigenvalue weighted by molar-refractivity contribution is -0.121. The normalized spacial score (nSPS) is 11.4. The van der Waals surface area contributed by atoms with Crippen LogP contribution in [0.5, 0.6) is 5.75 Å². The summed E-state index contributed by atoms with van der Waals surface area (Å²) >= 11 is 0. The molecule has 2 aromatic rings. The Hall–Kier alpha value is -2.82. The molecule has 2 amide bonds. The number of anilines is 1. The van der Waals surface area contributed by atoms with E-state index in [9.17, 15) is 9.59 Å². The van der Waals surface area contributed by atoms with Crippen molar-refractivity contribution in [3.8, 4) is 5.75 Å². The van der Waals surface area contributed by atoms with Crippen molar-refractivity contribution in [2.75, 3.05) is 11.9 Å². The Kier molecular flexibility index (Phi) is 11.1. The number of hydrogen-bond acceptors (Lipinski definition) is 4. The molecule has 0 aliphatic heterocycles. The van der Waals surface area contributed by atoms with Crippen LogP contribution in [0, 0.1) is 0 Å². The molecule has 0 atom stereocenters. The van der Waals surface area contributed by atoms with Crippen LogP contribution in [-0.4, -0.2) is 36.0 Å². The second-order valence-corrected chi connectivity index (χ2v) is 8.70. The van der Waals surface area contributed by atoms with Crippen LogP contribution < -0.4 is 26.4 Å². The van der Waals surface area contributed by atoms with Crippen LogP contribution in [0.2, 0.25) is 0 Å². The van der Waals surface area contributed by atoms with Gasteiger partial charge in [-0.2, -0.15) is 0 Å². The monoisotopic (exact) mass is 567 g/mol. The molecule has 0 aliphatic rings. The molecule has 0 spiro atoms. The number of primary amides is 1. The van der Waals surface area contributed by atoms with Crippen LogP contribution in [0.15, 0.2) is 53.5 Å². The van der Waals surface area contributed by atoms with Gasteiger partial charge >= 0.3 is 0 Å². The maximum atomic E-state index is 12.2. The van der Waals surface area contributed by atoms with E-state index in [4.69, 9.17) is 10.5 Å². The van der Waals surface area contributed by atoms with E-state index >= 15 is 0 Å².